The highest BCUT2D eigenvalue weighted by atomic mass is 28.4. The van der Waals surface area contributed by atoms with E-state index < -0.39 is 32.8 Å². The van der Waals surface area contributed by atoms with Gasteiger partial charge in [0.2, 0.25) is 5.91 Å². The van der Waals surface area contributed by atoms with Crippen molar-refractivity contribution >= 4 is 20.4 Å². The zero-order valence-electron chi connectivity index (χ0n) is 14.0. The molecule has 1 fully saturated rings. The fourth-order valence-electron chi connectivity index (χ4n) is 2.24. The van der Waals surface area contributed by atoms with Crippen molar-refractivity contribution in [2.45, 2.75) is 65.5 Å². The van der Waals surface area contributed by atoms with Gasteiger partial charge in [0.15, 0.2) is 6.23 Å². The van der Waals surface area contributed by atoms with Crippen molar-refractivity contribution in [2.75, 3.05) is 6.54 Å². The van der Waals surface area contributed by atoms with Crippen LogP contribution < -0.4 is 0 Å². The van der Waals surface area contributed by atoms with Crippen molar-refractivity contribution in [2.24, 2.45) is 5.92 Å². The summed E-state index contributed by atoms with van der Waals surface area (Å²) in [4.78, 5) is 35.4. The number of likely N-dealkylation sites (tertiary alicyclic amines) is 1. The first-order valence-corrected chi connectivity index (χ1v) is 9.65. The van der Waals surface area contributed by atoms with Crippen LogP contribution >= 0.6 is 0 Å². The van der Waals surface area contributed by atoms with Crippen molar-refractivity contribution < 1.29 is 23.5 Å². The Kier molecular flexibility index (Phi) is 5.23. The summed E-state index contributed by atoms with van der Waals surface area (Å²) in [5.74, 6) is -1.08. The lowest BCUT2D eigenvalue weighted by molar-refractivity contribution is -0.205. The summed E-state index contributed by atoms with van der Waals surface area (Å²) in [5.41, 5.74) is 0. The van der Waals surface area contributed by atoms with E-state index in [1.165, 1.54) is 11.8 Å². The number of ether oxygens (including phenoxy) is 1. The van der Waals surface area contributed by atoms with Gasteiger partial charge in [-0.2, -0.15) is 0 Å². The predicted molar refractivity (Wildman–Crippen MR) is 80.5 cm³/mol. The number of nitrogens with zero attached hydrogens (tertiary/aromatic N) is 1. The van der Waals surface area contributed by atoms with Crippen molar-refractivity contribution in [1.29, 1.82) is 0 Å². The molecule has 1 amide bonds. The molecule has 0 spiro atoms. The molecule has 4 atom stereocenters. The van der Waals surface area contributed by atoms with Gasteiger partial charge in [-0.25, -0.2) is 0 Å². The van der Waals surface area contributed by atoms with Crippen molar-refractivity contribution in [3.8, 4) is 0 Å². The third kappa shape index (κ3) is 3.64. The molecule has 122 valence electrons. The number of hydrogen-bond acceptors (Lipinski definition) is 5. The molecule has 6 nitrogen and oxygen atoms in total. The molecule has 0 saturated carbocycles. The third-order valence-corrected chi connectivity index (χ3v) is 7.74. The van der Waals surface area contributed by atoms with Crippen LogP contribution in [0.3, 0.4) is 0 Å². The van der Waals surface area contributed by atoms with E-state index in [0.29, 0.717) is 6.54 Å². The Labute approximate surface area is 127 Å². The topological polar surface area (TPSA) is 76.1 Å². The summed E-state index contributed by atoms with van der Waals surface area (Å²) >= 11 is 0. The van der Waals surface area contributed by atoms with Gasteiger partial charge in [-0.15, -0.1) is 0 Å². The number of β-lactam (4-membered cyclic amide) rings is 1. The van der Waals surface area contributed by atoms with Crippen LogP contribution in [0.15, 0.2) is 0 Å². The van der Waals surface area contributed by atoms with Gasteiger partial charge in [0, 0.05) is 18.5 Å². The maximum atomic E-state index is 12.2. The molecule has 21 heavy (non-hydrogen) atoms. The summed E-state index contributed by atoms with van der Waals surface area (Å²) < 4.78 is 11.1. The Morgan fingerprint density at radius 1 is 1.48 bits per heavy atom. The molecule has 0 radical (unpaired) electrons. The minimum atomic E-state index is -2.96. The highest BCUT2D eigenvalue weighted by Crippen LogP contribution is 2.39. The first-order chi connectivity index (χ1) is 9.42. The predicted octanol–water partition coefficient (Wildman–Crippen LogP) is 1.62. The molecule has 1 aliphatic rings. The zero-order chi connectivity index (χ0) is 16.6. The van der Waals surface area contributed by atoms with E-state index >= 15 is 0 Å². The summed E-state index contributed by atoms with van der Waals surface area (Å²) in [5, 5.41) is -0.366. The minimum absolute atomic E-state index is 0.102. The fraction of sp³-hybridized carbons (Fsp3) is 0.857. The lowest BCUT2D eigenvalue weighted by Gasteiger charge is -2.49. The SMILES string of the molecule is CCN1C(=O)[C@H]([C@H](C)O[Si@@](C)(O)C(C)(C)C)[C@H]1OC(C)=O. The molecule has 7 heteroatoms. The monoisotopic (exact) mass is 317 g/mol. The Morgan fingerprint density at radius 2 is 2.00 bits per heavy atom. The van der Waals surface area contributed by atoms with E-state index in [1.807, 2.05) is 27.7 Å². The van der Waals surface area contributed by atoms with Crippen LogP contribution in [0.5, 0.6) is 0 Å². The van der Waals surface area contributed by atoms with Crippen LogP contribution in [0.4, 0.5) is 0 Å². The summed E-state index contributed by atoms with van der Waals surface area (Å²) in [6.45, 7) is 12.8. The van der Waals surface area contributed by atoms with Crippen LogP contribution in [0.2, 0.25) is 11.6 Å². The van der Waals surface area contributed by atoms with Gasteiger partial charge in [-0.3, -0.25) is 9.59 Å². The van der Waals surface area contributed by atoms with E-state index in [0.717, 1.165) is 0 Å². The molecule has 1 aliphatic heterocycles. The summed E-state index contributed by atoms with van der Waals surface area (Å²) in [7, 11) is -2.96. The van der Waals surface area contributed by atoms with E-state index in [4.69, 9.17) is 9.16 Å². The van der Waals surface area contributed by atoms with Crippen LogP contribution in [0.25, 0.3) is 0 Å². The van der Waals surface area contributed by atoms with Gasteiger partial charge in [0.05, 0.1) is 6.10 Å². The van der Waals surface area contributed by atoms with E-state index in [2.05, 4.69) is 0 Å². The van der Waals surface area contributed by atoms with E-state index in [9.17, 15) is 14.4 Å². The van der Waals surface area contributed by atoms with Gasteiger partial charge in [0.25, 0.3) is 0 Å². The maximum Gasteiger partial charge on any atom is 0.338 e. The Morgan fingerprint density at radius 3 is 2.38 bits per heavy atom. The van der Waals surface area contributed by atoms with Crippen LogP contribution in [-0.2, 0) is 18.8 Å². The van der Waals surface area contributed by atoms with Gasteiger partial charge in [-0.05, 0) is 20.4 Å². The number of amides is 1. The molecule has 0 unspecified atom stereocenters. The summed E-state index contributed by atoms with van der Waals surface area (Å²) in [6, 6.07) is 0. The maximum absolute atomic E-state index is 12.2. The molecular formula is C14H27NO5Si. The van der Waals surface area contributed by atoms with Crippen LogP contribution in [0.1, 0.15) is 41.5 Å². The Bertz CT molecular complexity index is 418. The molecular weight excluding hydrogens is 290 g/mol. The van der Waals surface area contributed by atoms with E-state index in [1.54, 1.807) is 13.5 Å². The number of esters is 1. The van der Waals surface area contributed by atoms with Gasteiger partial charge >= 0.3 is 14.5 Å². The van der Waals surface area contributed by atoms with Gasteiger partial charge in [-0.1, -0.05) is 20.8 Å². The highest BCUT2D eigenvalue weighted by molar-refractivity contribution is 6.67. The standard InChI is InChI=1S/C14H27NO5Si/c1-8-15-12(17)11(13(15)19-10(3)16)9(2)20-21(7,18)14(4,5)6/h9,11,13,18H,8H2,1-7H3/t9-,11-,13+,21+/m0/s1. The number of rotatable bonds is 5. The normalized spacial score (nSPS) is 26.9. The van der Waals surface area contributed by atoms with Gasteiger partial charge in [0.1, 0.15) is 5.92 Å². The molecule has 0 aromatic carbocycles. The molecule has 0 aliphatic carbocycles. The molecule has 1 N–H and O–H groups in total. The second-order valence-electron chi connectivity index (χ2n) is 6.71. The zero-order valence-corrected chi connectivity index (χ0v) is 15.0. The Hall–Kier alpha value is -0.923. The number of carbonyl (C=O) groups excluding carboxylic acids is 2. The molecule has 1 rings (SSSR count). The fourth-order valence-corrected chi connectivity index (χ4v) is 3.46. The second-order valence-corrected chi connectivity index (χ2v) is 10.4. The van der Waals surface area contributed by atoms with Crippen molar-refractivity contribution in [3.05, 3.63) is 0 Å². The number of carbonyl (C=O) groups is 2. The minimum Gasteiger partial charge on any atom is -0.441 e. The first-order valence-electron chi connectivity index (χ1n) is 7.30. The molecule has 0 aromatic rings. The first kappa shape index (κ1) is 18.1. The average molecular weight is 317 g/mol. The lowest BCUT2D eigenvalue weighted by Crippen LogP contribution is -2.66. The lowest BCUT2D eigenvalue weighted by atomic mass is 9.90. The Balaban J connectivity index is 2.83. The highest BCUT2D eigenvalue weighted by Gasteiger charge is 2.54. The smallest absolute Gasteiger partial charge is 0.338 e. The summed E-state index contributed by atoms with van der Waals surface area (Å²) in [6.07, 6.45) is -1.09. The largest absolute Gasteiger partial charge is 0.441 e. The number of hydrogen-bond donors (Lipinski definition) is 1. The van der Waals surface area contributed by atoms with Crippen LogP contribution in [-0.4, -0.2) is 49.0 Å². The molecule has 1 saturated heterocycles. The molecule has 0 aromatic heterocycles. The molecule has 0 bridgehead atoms. The van der Waals surface area contributed by atoms with Gasteiger partial charge < -0.3 is 18.9 Å². The van der Waals surface area contributed by atoms with Crippen molar-refractivity contribution in [1.82, 2.24) is 4.90 Å². The van der Waals surface area contributed by atoms with Crippen molar-refractivity contribution in [3.63, 3.8) is 0 Å². The van der Waals surface area contributed by atoms with Crippen LogP contribution in [0, 0.1) is 5.92 Å². The van der Waals surface area contributed by atoms with E-state index in [-0.39, 0.29) is 10.9 Å². The molecule has 1 heterocycles. The average Bonchev–Trinajstić information content (AvgIpc) is 2.25. The second kappa shape index (κ2) is 6.06. The quantitative estimate of drug-likeness (QED) is 0.474. The third-order valence-electron chi connectivity index (χ3n) is 4.12.